The van der Waals surface area contributed by atoms with Gasteiger partial charge in [-0.3, -0.25) is 4.79 Å². The van der Waals surface area contributed by atoms with Crippen LogP contribution in [0.4, 0.5) is 5.82 Å². The summed E-state index contributed by atoms with van der Waals surface area (Å²) in [4.78, 5) is 25.5. The highest BCUT2D eigenvalue weighted by Gasteiger charge is 2.25. The maximum atomic E-state index is 12.9. The number of ether oxygens (including phenoxy) is 1. The zero-order valence-corrected chi connectivity index (χ0v) is 16.1. The molecular formula is C19H19ClN6O2. The summed E-state index contributed by atoms with van der Waals surface area (Å²) >= 11 is 6.06. The maximum absolute atomic E-state index is 12.9. The Labute approximate surface area is 167 Å². The third kappa shape index (κ3) is 3.63. The lowest BCUT2D eigenvalue weighted by Crippen LogP contribution is -2.49. The largest absolute Gasteiger partial charge is 0.496 e. The molecule has 0 saturated carbocycles. The predicted molar refractivity (Wildman–Crippen MR) is 105 cm³/mol. The van der Waals surface area contributed by atoms with E-state index in [2.05, 4.69) is 20.0 Å². The summed E-state index contributed by atoms with van der Waals surface area (Å²) in [7, 11) is 1.55. The number of piperazine rings is 1. The zero-order chi connectivity index (χ0) is 19.5. The molecule has 1 fully saturated rings. The Kier molecular flexibility index (Phi) is 5.12. The number of carbonyl (C=O) groups is 1. The maximum Gasteiger partial charge on any atom is 0.257 e. The van der Waals surface area contributed by atoms with E-state index < -0.39 is 0 Å². The topological polar surface area (TPSA) is 76.4 Å². The first-order valence-corrected chi connectivity index (χ1v) is 9.23. The first-order valence-electron chi connectivity index (χ1n) is 8.85. The van der Waals surface area contributed by atoms with Gasteiger partial charge in [0.05, 0.1) is 12.7 Å². The van der Waals surface area contributed by atoms with Gasteiger partial charge in [0, 0.05) is 49.7 Å². The predicted octanol–water partition coefficient (Wildman–Crippen LogP) is 2.29. The number of hydrogen-bond acceptors (Lipinski definition) is 6. The van der Waals surface area contributed by atoms with Gasteiger partial charge >= 0.3 is 0 Å². The summed E-state index contributed by atoms with van der Waals surface area (Å²) < 4.78 is 7.00. The van der Waals surface area contributed by atoms with Crippen LogP contribution < -0.4 is 9.64 Å². The first-order chi connectivity index (χ1) is 13.7. The molecule has 0 aliphatic carbocycles. The van der Waals surface area contributed by atoms with Crippen molar-refractivity contribution in [2.45, 2.75) is 0 Å². The summed E-state index contributed by atoms with van der Waals surface area (Å²) in [5.74, 6) is 1.96. The van der Waals surface area contributed by atoms with E-state index in [1.54, 1.807) is 41.1 Å². The number of aromatic nitrogens is 4. The molecular weight excluding hydrogens is 380 g/mol. The summed E-state index contributed by atoms with van der Waals surface area (Å²) in [6.07, 6.45) is 5.07. The number of carbonyl (C=O) groups excluding carboxylic acids is 1. The second-order valence-electron chi connectivity index (χ2n) is 6.31. The molecule has 1 amide bonds. The van der Waals surface area contributed by atoms with Gasteiger partial charge in [0.15, 0.2) is 5.82 Å². The molecule has 0 bridgehead atoms. The van der Waals surface area contributed by atoms with Crippen LogP contribution in [0, 0.1) is 0 Å². The summed E-state index contributed by atoms with van der Waals surface area (Å²) in [6.45, 7) is 2.50. The monoisotopic (exact) mass is 398 g/mol. The number of halogens is 1. The van der Waals surface area contributed by atoms with Crippen LogP contribution in [0.3, 0.4) is 0 Å². The van der Waals surface area contributed by atoms with Crippen molar-refractivity contribution in [3.05, 3.63) is 59.6 Å². The molecule has 28 heavy (non-hydrogen) atoms. The fourth-order valence-electron chi connectivity index (χ4n) is 3.20. The van der Waals surface area contributed by atoms with Gasteiger partial charge < -0.3 is 14.5 Å². The number of amides is 1. The number of methoxy groups -OCH3 is 1. The van der Waals surface area contributed by atoms with E-state index >= 15 is 0 Å². The van der Waals surface area contributed by atoms with Crippen molar-refractivity contribution in [1.82, 2.24) is 24.6 Å². The lowest BCUT2D eigenvalue weighted by molar-refractivity contribution is 0.0743. The summed E-state index contributed by atoms with van der Waals surface area (Å²) in [6, 6.07) is 8.81. The van der Waals surface area contributed by atoms with Crippen LogP contribution >= 0.6 is 11.6 Å². The molecule has 144 valence electrons. The SMILES string of the molecule is COc1ccc(Cl)cc1C(=O)N1CCN(c2cc(-n3cccn3)ncn2)CC1. The van der Waals surface area contributed by atoms with E-state index in [4.69, 9.17) is 16.3 Å². The van der Waals surface area contributed by atoms with Gasteiger partial charge in [0.2, 0.25) is 0 Å². The van der Waals surface area contributed by atoms with Gasteiger partial charge in [-0.1, -0.05) is 11.6 Å². The van der Waals surface area contributed by atoms with E-state index in [-0.39, 0.29) is 5.91 Å². The Morgan fingerprint density at radius 2 is 1.89 bits per heavy atom. The molecule has 3 heterocycles. The third-order valence-electron chi connectivity index (χ3n) is 4.66. The molecule has 3 aromatic rings. The van der Waals surface area contributed by atoms with Gasteiger partial charge in [-0.05, 0) is 24.3 Å². The fraction of sp³-hybridized carbons (Fsp3) is 0.263. The number of rotatable bonds is 4. The quantitative estimate of drug-likeness (QED) is 0.671. The highest BCUT2D eigenvalue weighted by Crippen LogP contribution is 2.25. The number of anilines is 1. The lowest BCUT2D eigenvalue weighted by atomic mass is 10.1. The molecule has 0 unspecified atom stereocenters. The average molecular weight is 399 g/mol. The standard InChI is InChI=1S/C19H19ClN6O2/c1-28-16-4-3-14(20)11-15(16)19(27)25-9-7-24(8-10-25)17-12-18(22-13-21-17)26-6-2-5-23-26/h2-6,11-13H,7-10H2,1H3. The van der Waals surface area contributed by atoms with Crippen LogP contribution in [0.5, 0.6) is 5.75 Å². The van der Waals surface area contributed by atoms with Crippen molar-refractivity contribution in [1.29, 1.82) is 0 Å². The summed E-state index contributed by atoms with van der Waals surface area (Å²) in [5, 5.41) is 4.71. The molecule has 2 aromatic heterocycles. The molecule has 0 atom stereocenters. The minimum Gasteiger partial charge on any atom is -0.496 e. The van der Waals surface area contributed by atoms with Gasteiger partial charge in [-0.2, -0.15) is 5.10 Å². The molecule has 4 rings (SSSR count). The number of benzene rings is 1. The van der Waals surface area contributed by atoms with Crippen molar-refractivity contribution in [2.75, 3.05) is 38.2 Å². The second-order valence-corrected chi connectivity index (χ2v) is 6.75. The number of nitrogens with zero attached hydrogens (tertiary/aromatic N) is 6. The Morgan fingerprint density at radius 1 is 1.11 bits per heavy atom. The molecule has 1 saturated heterocycles. The van der Waals surface area contributed by atoms with Gasteiger partial charge in [0.25, 0.3) is 5.91 Å². The van der Waals surface area contributed by atoms with E-state index in [1.807, 2.05) is 18.3 Å². The van der Waals surface area contributed by atoms with Crippen molar-refractivity contribution in [2.24, 2.45) is 0 Å². The van der Waals surface area contributed by atoms with E-state index in [0.29, 0.717) is 48.3 Å². The van der Waals surface area contributed by atoms with Crippen LogP contribution in [-0.2, 0) is 0 Å². The molecule has 8 nitrogen and oxygen atoms in total. The smallest absolute Gasteiger partial charge is 0.257 e. The van der Waals surface area contributed by atoms with Crippen LogP contribution in [0.1, 0.15) is 10.4 Å². The van der Waals surface area contributed by atoms with Crippen LogP contribution in [0.15, 0.2) is 49.1 Å². The fourth-order valence-corrected chi connectivity index (χ4v) is 3.37. The van der Waals surface area contributed by atoms with Crippen LogP contribution in [0.2, 0.25) is 5.02 Å². The molecule has 0 spiro atoms. The number of hydrogen-bond donors (Lipinski definition) is 0. The lowest BCUT2D eigenvalue weighted by Gasteiger charge is -2.35. The van der Waals surface area contributed by atoms with Crippen molar-refractivity contribution in [3.8, 4) is 11.6 Å². The van der Waals surface area contributed by atoms with Gasteiger partial charge in [-0.25, -0.2) is 14.6 Å². The Balaban J connectivity index is 1.46. The average Bonchev–Trinajstić information content (AvgIpc) is 3.28. The molecule has 0 radical (unpaired) electrons. The van der Waals surface area contributed by atoms with Gasteiger partial charge in [0.1, 0.15) is 17.9 Å². The van der Waals surface area contributed by atoms with Crippen molar-refractivity contribution < 1.29 is 9.53 Å². The van der Waals surface area contributed by atoms with Crippen LogP contribution in [0.25, 0.3) is 5.82 Å². The molecule has 0 N–H and O–H groups in total. The van der Waals surface area contributed by atoms with E-state index in [9.17, 15) is 4.79 Å². The van der Waals surface area contributed by atoms with Crippen molar-refractivity contribution in [3.63, 3.8) is 0 Å². The minimum atomic E-state index is -0.0843. The first kappa shape index (κ1) is 18.2. The molecule has 1 aliphatic heterocycles. The molecule has 9 heteroatoms. The highest BCUT2D eigenvalue weighted by molar-refractivity contribution is 6.31. The Morgan fingerprint density at radius 3 is 2.61 bits per heavy atom. The highest BCUT2D eigenvalue weighted by atomic mass is 35.5. The Bertz CT molecular complexity index is 970. The second kappa shape index (κ2) is 7.85. The van der Waals surface area contributed by atoms with E-state index in [1.165, 1.54) is 6.33 Å². The van der Waals surface area contributed by atoms with Gasteiger partial charge in [-0.15, -0.1) is 0 Å². The zero-order valence-electron chi connectivity index (χ0n) is 15.3. The molecule has 1 aromatic carbocycles. The third-order valence-corrected chi connectivity index (χ3v) is 4.90. The summed E-state index contributed by atoms with van der Waals surface area (Å²) in [5.41, 5.74) is 0.478. The Hall–Kier alpha value is -3.13. The van der Waals surface area contributed by atoms with Crippen molar-refractivity contribution >= 4 is 23.3 Å². The molecule has 1 aliphatic rings. The van der Waals surface area contributed by atoms with Crippen LogP contribution in [-0.4, -0.2) is 63.8 Å². The minimum absolute atomic E-state index is 0.0843. The normalized spacial score (nSPS) is 14.2. The van der Waals surface area contributed by atoms with E-state index in [0.717, 1.165) is 5.82 Å².